The Hall–Kier alpha value is -0.800. The zero-order valence-corrected chi connectivity index (χ0v) is 9.39. The van der Waals surface area contributed by atoms with Gasteiger partial charge in [0.1, 0.15) is 11.5 Å². The van der Waals surface area contributed by atoms with Crippen LogP contribution in [-0.4, -0.2) is 19.8 Å². The third kappa shape index (κ3) is 3.16. The molecular formula is C11H19NO2. The van der Waals surface area contributed by atoms with E-state index in [1.165, 1.54) is 5.56 Å². The molecule has 1 aromatic heterocycles. The number of nitrogens with one attached hydrogen (secondary N) is 1. The van der Waals surface area contributed by atoms with Crippen LogP contribution < -0.4 is 5.32 Å². The van der Waals surface area contributed by atoms with Crippen LogP contribution in [0.4, 0.5) is 0 Å². The van der Waals surface area contributed by atoms with Gasteiger partial charge < -0.3 is 14.5 Å². The first kappa shape index (κ1) is 11.3. The highest BCUT2D eigenvalue weighted by Crippen LogP contribution is 2.13. The maximum Gasteiger partial charge on any atom is 0.105 e. The number of methoxy groups -OCH3 is 1. The van der Waals surface area contributed by atoms with E-state index in [0.717, 1.165) is 24.7 Å². The molecule has 1 unspecified atom stereocenters. The third-order valence-electron chi connectivity index (χ3n) is 2.20. The van der Waals surface area contributed by atoms with Gasteiger partial charge in [0, 0.05) is 25.3 Å². The summed E-state index contributed by atoms with van der Waals surface area (Å²) < 4.78 is 10.5. The van der Waals surface area contributed by atoms with Gasteiger partial charge in [0.15, 0.2) is 0 Å². The minimum atomic E-state index is 0.370. The normalized spacial score (nSPS) is 13.1. The summed E-state index contributed by atoms with van der Waals surface area (Å²) in [6.07, 6.45) is 0. The maximum absolute atomic E-state index is 5.44. The second kappa shape index (κ2) is 5.17. The monoisotopic (exact) mass is 197 g/mol. The van der Waals surface area contributed by atoms with Gasteiger partial charge in [-0.2, -0.15) is 0 Å². The van der Waals surface area contributed by atoms with E-state index in [2.05, 4.69) is 18.3 Å². The first-order valence-corrected chi connectivity index (χ1v) is 4.91. The number of furan rings is 1. The fourth-order valence-corrected chi connectivity index (χ4v) is 1.45. The molecule has 3 heteroatoms. The molecule has 0 aliphatic carbocycles. The van der Waals surface area contributed by atoms with E-state index in [9.17, 15) is 0 Å². The molecule has 0 radical (unpaired) electrons. The highest BCUT2D eigenvalue weighted by atomic mass is 16.5. The third-order valence-corrected chi connectivity index (χ3v) is 2.20. The van der Waals surface area contributed by atoms with Crippen molar-refractivity contribution in [1.82, 2.24) is 5.32 Å². The van der Waals surface area contributed by atoms with Crippen LogP contribution in [-0.2, 0) is 11.3 Å². The van der Waals surface area contributed by atoms with Crippen molar-refractivity contribution >= 4 is 0 Å². The zero-order valence-electron chi connectivity index (χ0n) is 9.39. The van der Waals surface area contributed by atoms with Crippen molar-refractivity contribution < 1.29 is 9.15 Å². The molecule has 1 heterocycles. The molecule has 0 aliphatic rings. The van der Waals surface area contributed by atoms with Crippen molar-refractivity contribution in [3.8, 4) is 0 Å². The van der Waals surface area contributed by atoms with Crippen molar-refractivity contribution in [3.05, 3.63) is 23.2 Å². The van der Waals surface area contributed by atoms with Crippen molar-refractivity contribution in [2.45, 2.75) is 33.4 Å². The van der Waals surface area contributed by atoms with Gasteiger partial charge >= 0.3 is 0 Å². The molecule has 0 aliphatic heterocycles. The van der Waals surface area contributed by atoms with Crippen LogP contribution in [0.15, 0.2) is 10.5 Å². The van der Waals surface area contributed by atoms with Crippen molar-refractivity contribution in [1.29, 1.82) is 0 Å². The molecule has 0 spiro atoms. The summed E-state index contributed by atoms with van der Waals surface area (Å²) in [5.41, 5.74) is 1.23. The van der Waals surface area contributed by atoms with E-state index in [0.29, 0.717) is 6.04 Å². The lowest BCUT2D eigenvalue weighted by Crippen LogP contribution is -2.29. The quantitative estimate of drug-likeness (QED) is 0.784. The van der Waals surface area contributed by atoms with Gasteiger partial charge in [-0.3, -0.25) is 0 Å². The van der Waals surface area contributed by atoms with Crippen LogP contribution in [0.5, 0.6) is 0 Å². The average molecular weight is 197 g/mol. The standard InChI is InChI=1S/C11H19NO2/c1-8(7-13-4)12-6-11-5-9(2)14-10(11)3/h5,8,12H,6-7H2,1-4H3. The van der Waals surface area contributed by atoms with Crippen LogP contribution in [0.25, 0.3) is 0 Å². The summed E-state index contributed by atoms with van der Waals surface area (Å²) in [7, 11) is 1.71. The fourth-order valence-electron chi connectivity index (χ4n) is 1.45. The van der Waals surface area contributed by atoms with Gasteiger partial charge in [-0.1, -0.05) is 0 Å². The van der Waals surface area contributed by atoms with E-state index < -0.39 is 0 Å². The molecule has 1 N–H and O–H groups in total. The smallest absolute Gasteiger partial charge is 0.105 e. The fraction of sp³-hybridized carbons (Fsp3) is 0.636. The minimum Gasteiger partial charge on any atom is -0.466 e. The molecule has 1 aromatic rings. The van der Waals surface area contributed by atoms with Gasteiger partial charge in [0.05, 0.1) is 6.61 Å². The molecule has 3 nitrogen and oxygen atoms in total. The van der Waals surface area contributed by atoms with E-state index in [1.54, 1.807) is 7.11 Å². The number of hydrogen-bond donors (Lipinski definition) is 1. The molecule has 0 bridgehead atoms. The first-order valence-electron chi connectivity index (χ1n) is 4.91. The lowest BCUT2D eigenvalue weighted by Gasteiger charge is -2.11. The van der Waals surface area contributed by atoms with Crippen LogP contribution in [0, 0.1) is 13.8 Å². The lowest BCUT2D eigenvalue weighted by atomic mass is 10.2. The van der Waals surface area contributed by atoms with Crippen molar-refractivity contribution in [3.63, 3.8) is 0 Å². The van der Waals surface area contributed by atoms with Gasteiger partial charge in [-0.25, -0.2) is 0 Å². The molecule has 0 amide bonds. The van der Waals surface area contributed by atoms with E-state index in [-0.39, 0.29) is 0 Å². The van der Waals surface area contributed by atoms with E-state index in [4.69, 9.17) is 9.15 Å². The second-order valence-corrected chi connectivity index (χ2v) is 3.68. The van der Waals surface area contributed by atoms with Crippen molar-refractivity contribution in [2.75, 3.05) is 13.7 Å². The molecule has 1 atom stereocenters. The lowest BCUT2D eigenvalue weighted by molar-refractivity contribution is 0.171. The number of rotatable bonds is 5. The maximum atomic E-state index is 5.44. The molecule has 0 fully saturated rings. The van der Waals surface area contributed by atoms with Gasteiger partial charge in [-0.15, -0.1) is 0 Å². The number of hydrogen-bond acceptors (Lipinski definition) is 3. The van der Waals surface area contributed by atoms with E-state index >= 15 is 0 Å². The Morgan fingerprint density at radius 2 is 2.21 bits per heavy atom. The second-order valence-electron chi connectivity index (χ2n) is 3.68. The zero-order chi connectivity index (χ0) is 10.6. The highest BCUT2D eigenvalue weighted by molar-refractivity contribution is 5.19. The first-order chi connectivity index (χ1) is 6.63. The van der Waals surface area contributed by atoms with Crippen LogP contribution >= 0.6 is 0 Å². The summed E-state index contributed by atoms with van der Waals surface area (Å²) in [5, 5.41) is 3.37. The topological polar surface area (TPSA) is 34.4 Å². The minimum absolute atomic E-state index is 0.370. The Labute approximate surface area is 85.4 Å². The van der Waals surface area contributed by atoms with Crippen molar-refractivity contribution in [2.24, 2.45) is 0 Å². The van der Waals surface area contributed by atoms with Gasteiger partial charge in [0.2, 0.25) is 0 Å². The summed E-state index contributed by atoms with van der Waals surface area (Å²) in [6, 6.07) is 2.44. The summed E-state index contributed by atoms with van der Waals surface area (Å²) in [5.74, 6) is 1.97. The SMILES string of the molecule is COCC(C)NCc1cc(C)oc1C. The van der Waals surface area contributed by atoms with Crippen LogP contribution in [0.1, 0.15) is 24.0 Å². The molecular weight excluding hydrogens is 178 g/mol. The molecule has 1 rings (SSSR count). The van der Waals surface area contributed by atoms with Gasteiger partial charge in [0.25, 0.3) is 0 Å². The molecule has 0 aromatic carbocycles. The predicted octanol–water partition coefficient (Wildman–Crippen LogP) is 2.02. The van der Waals surface area contributed by atoms with Crippen LogP contribution in [0.2, 0.25) is 0 Å². The van der Waals surface area contributed by atoms with Crippen LogP contribution in [0.3, 0.4) is 0 Å². The van der Waals surface area contributed by atoms with Gasteiger partial charge in [-0.05, 0) is 26.8 Å². The Morgan fingerprint density at radius 1 is 1.50 bits per heavy atom. The Bertz CT molecular complexity index is 281. The molecule has 80 valence electrons. The Kier molecular flexibility index (Phi) is 4.17. The Balaban J connectivity index is 2.41. The summed E-state index contributed by atoms with van der Waals surface area (Å²) in [6.45, 7) is 7.63. The molecule has 14 heavy (non-hydrogen) atoms. The largest absolute Gasteiger partial charge is 0.466 e. The summed E-state index contributed by atoms with van der Waals surface area (Å²) >= 11 is 0. The average Bonchev–Trinajstić information content (AvgIpc) is 2.42. The molecule has 0 saturated carbocycles. The number of ether oxygens (including phenoxy) is 1. The predicted molar refractivity (Wildman–Crippen MR) is 56.4 cm³/mol. The van der Waals surface area contributed by atoms with E-state index in [1.807, 2.05) is 13.8 Å². The molecule has 0 saturated heterocycles. The highest BCUT2D eigenvalue weighted by Gasteiger charge is 2.06. The summed E-state index contributed by atoms with van der Waals surface area (Å²) in [4.78, 5) is 0. The number of aryl methyl sites for hydroxylation is 2. The Morgan fingerprint density at radius 3 is 2.71 bits per heavy atom.